The zero-order chi connectivity index (χ0) is 15.0. The Bertz CT molecular complexity index is 431. The number of nitrogens with zero attached hydrogens (tertiary/aromatic N) is 1. The summed E-state index contributed by atoms with van der Waals surface area (Å²) in [5.74, 6) is 0.879. The van der Waals surface area contributed by atoms with E-state index in [4.69, 9.17) is 10.00 Å². The first-order chi connectivity index (χ1) is 9.46. The van der Waals surface area contributed by atoms with E-state index in [-0.39, 0.29) is 5.41 Å². The molecule has 0 aromatic heterocycles. The van der Waals surface area contributed by atoms with Crippen LogP contribution in [0.4, 0.5) is 0 Å². The van der Waals surface area contributed by atoms with E-state index in [0.29, 0.717) is 12.6 Å². The zero-order valence-corrected chi connectivity index (χ0v) is 13.1. The first-order valence-corrected chi connectivity index (χ1v) is 7.27. The predicted octanol–water partition coefficient (Wildman–Crippen LogP) is 3.55. The van der Waals surface area contributed by atoms with Crippen molar-refractivity contribution in [3.8, 4) is 11.8 Å². The molecule has 1 aromatic rings. The lowest BCUT2D eigenvalue weighted by atomic mass is 9.92. The molecule has 0 saturated heterocycles. The van der Waals surface area contributed by atoms with Gasteiger partial charge in [0.25, 0.3) is 0 Å². The minimum Gasteiger partial charge on any atom is -0.494 e. The Morgan fingerprint density at radius 2 is 1.95 bits per heavy atom. The summed E-state index contributed by atoms with van der Waals surface area (Å²) in [5.41, 5.74) is 1.01. The fourth-order valence-electron chi connectivity index (χ4n) is 1.76. The molecule has 20 heavy (non-hydrogen) atoms. The number of aryl methyl sites for hydroxylation is 1. The third-order valence-corrected chi connectivity index (χ3v) is 3.58. The molecule has 1 atom stereocenters. The van der Waals surface area contributed by atoms with E-state index in [1.807, 2.05) is 33.0 Å². The monoisotopic (exact) mass is 274 g/mol. The lowest BCUT2D eigenvalue weighted by Gasteiger charge is -2.15. The Morgan fingerprint density at radius 1 is 1.30 bits per heavy atom. The summed E-state index contributed by atoms with van der Waals surface area (Å²) in [4.78, 5) is 0. The Morgan fingerprint density at radius 3 is 2.50 bits per heavy atom. The van der Waals surface area contributed by atoms with Crippen LogP contribution in [-0.2, 0) is 6.42 Å². The summed E-state index contributed by atoms with van der Waals surface area (Å²) < 4.78 is 5.68. The highest BCUT2D eigenvalue weighted by Gasteiger charge is 2.16. The van der Waals surface area contributed by atoms with Gasteiger partial charge in [-0.15, -0.1) is 0 Å². The molecule has 0 radical (unpaired) electrons. The summed E-state index contributed by atoms with van der Waals surface area (Å²) in [7, 11) is 1.99. The summed E-state index contributed by atoms with van der Waals surface area (Å²) in [5, 5.41) is 12.2. The number of nitriles is 1. The van der Waals surface area contributed by atoms with E-state index in [0.717, 1.165) is 25.0 Å². The van der Waals surface area contributed by atoms with Crippen molar-refractivity contribution in [2.75, 3.05) is 13.7 Å². The van der Waals surface area contributed by atoms with E-state index in [9.17, 15) is 0 Å². The molecule has 3 heteroatoms. The van der Waals surface area contributed by atoms with Crippen LogP contribution in [-0.4, -0.2) is 19.7 Å². The highest BCUT2D eigenvalue weighted by atomic mass is 16.5. The molecule has 0 spiro atoms. The van der Waals surface area contributed by atoms with Crippen LogP contribution in [0.15, 0.2) is 24.3 Å². The quantitative estimate of drug-likeness (QED) is 0.788. The van der Waals surface area contributed by atoms with Crippen LogP contribution in [0, 0.1) is 16.7 Å². The van der Waals surface area contributed by atoms with Crippen LogP contribution in [0.25, 0.3) is 0 Å². The Kier molecular flexibility index (Phi) is 6.54. The molecular weight excluding hydrogens is 248 g/mol. The number of hydrogen-bond donors (Lipinski definition) is 1. The molecule has 1 aromatic carbocycles. The van der Waals surface area contributed by atoms with Crippen molar-refractivity contribution in [3.05, 3.63) is 29.8 Å². The van der Waals surface area contributed by atoms with Gasteiger partial charge in [0, 0.05) is 6.04 Å². The maximum atomic E-state index is 8.94. The summed E-state index contributed by atoms with van der Waals surface area (Å²) in [6.45, 7) is 6.63. The number of ether oxygens (including phenoxy) is 1. The maximum absolute atomic E-state index is 8.94. The highest BCUT2D eigenvalue weighted by molar-refractivity contribution is 5.27. The van der Waals surface area contributed by atoms with Gasteiger partial charge < -0.3 is 10.1 Å². The van der Waals surface area contributed by atoms with Crippen LogP contribution in [0.2, 0.25) is 0 Å². The molecule has 0 aliphatic rings. The van der Waals surface area contributed by atoms with E-state index < -0.39 is 0 Å². The largest absolute Gasteiger partial charge is 0.494 e. The molecular formula is C17H26N2O. The average molecular weight is 274 g/mol. The van der Waals surface area contributed by atoms with E-state index >= 15 is 0 Å². The van der Waals surface area contributed by atoms with E-state index in [1.165, 1.54) is 5.56 Å². The minimum atomic E-state index is -0.316. The SMILES string of the molecule is CNC(C)CCc1ccc(OCCC(C)(C)C#N)cc1. The molecule has 1 N–H and O–H groups in total. The second kappa shape index (κ2) is 7.91. The number of hydrogen-bond acceptors (Lipinski definition) is 3. The van der Waals surface area contributed by atoms with Crippen LogP contribution in [0.5, 0.6) is 5.75 Å². The van der Waals surface area contributed by atoms with Gasteiger partial charge >= 0.3 is 0 Å². The first-order valence-electron chi connectivity index (χ1n) is 7.27. The van der Waals surface area contributed by atoms with Gasteiger partial charge in [0.1, 0.15) is 5.75 Å². The molecule has 0 saturated carbocycles. The molecule has 0 bridgehead atoms. The molecule has 0 amide bonds. The second-order valence-corrected chi connectivity index (χ2v) is 5.97. The van der Waals surface area contributed by atoms with Crippen molar-refractivity contribution in [1.82, 2.24) is 5.32 Å². The van der Waals surface area contributed by atoms with Crippen molar-refractivity contribution < 1.29 is 4.74 Å². The van der Waals surface area contributed by atoms with E-state index in [2.05, 4.69) is 30.4 Å². The Balaban J connectivity index is 2.37. The fraction of sp³-hybridized carbons (Fsp3) is 0.588. The zero-order valence-electron chi connectivity index (χ0n) is 13.1. The van der Waals surface area contributed by atoms with Crippen LogP contribution < -0.4 is 10.1 Å². The van der Waals surface area contributed by atoms with Crippen molar-refractivity contribution >= 4 is 0 Å². The number of benzene rings is 1. The maximum Gasteiger partial charge on any atom is 0.119 e. The van der Waals surface area contributed by atoms with Crippen molar-refractivity contribution in [2.45, 2.75) is 46.1 Å². The van der Waals surface area contributed by atoms with Gasteiger partial charge in [0.2, 0.25) is 0 Å². The number of nitrogens with one attached hydrogen (secondary N) is 1. The topological polar surface area (TPSA) is 45.0 Å². The molecule has 3 nitrogen and oxygen atoms in total. The van der Waals surface area contributed by atoms with Crippen molar-refractivity contribution in [3.63, 3.8) is 0 Å². The molecule has 0 aliphatic carbocycles. The van der Waals surface area contributed by atoms with E-state index in [1.54, 1.807) is 0 Å². The first kappa shape index (κ1) is 16.5. The van der Waals surface area contributed by atoms with Crippen LogP contribution in [0.3, 0.4) is 0 Å². The van der Waals surface area contributed by atoms with Gasteiger partial charge in [0.15, 0.2) is 0 Å². The molecule has 1 unspecified atom stereocenters. The molecule has 0 heterocycles. The van der Waals surface area contributed by atoms with Crippen LogP contribution >= 0.6 is 0 Å². The van der Waals surface area contributed by atoms with Gasteiger partial charge in [0.05, 0.1) is 18.1 Å². The standard InChI is InChI=1S/C17H26N2O/c1-14(19-4)5-6-15-7-9-16(10-8-15)20-12-11-17(2,3)13-18/h7-10,14,19H,5-6,11-12H2,1-4H3. The average Bonchev–Trinajstić information content (AvgIpc) is 2.46. The van der Waals surface area contributed by atoms with Gasteiger partial charge in [-0.2, -0.15) is 5.26 Å². The lowest BCUT2D eigenvalue weighted by Crippen LogP contribution is -2.21. The normalized spacial score (nSPS) is 12.8. The molecule has 110 valence electrons. The summed E-state index contributed by atoms with van der Waals surface area (Å²) >= 11 is 0. The predicted molar refractivity (Wildman–Crippen MR) is 82.8 cm³/mol. The third-order valence-electron chi connectivity index (χ3n) is 3.58. The summed E-state index contributed by atoms with van der Waals surface area (Å²) in [6.07, 6.45) is 2.95. The Labute approximate surface area is 123 Å². The van der Waals surface area contributed by atoms with Crippen molar-refractivity contribution in [2.24, 2.45) is 5.41 Å². The third kappa shape index (κ3) is 6.08. The molecule has 0 aliphatic heterocycles. The van der Waals surface area contributed by atoms with Crippen molar-refractivity contribution in [1.29, 1.82) is 5.26 Å². The van der Waals surface area contributed by atoms with Gasteiger partial charge in [-0.3, -0.25) is 0 Å². The van der Waals surface area contributed by atoms with Gasteiger partial charge in [-0.1, -0.05) is 12.1 Å². The summed E-state index contributed by atoms with van der Waals surface area (Å²) in [6, 6.07) is 11.1. The fourth-order valence-corrected chi connectivity index (χ4v) is 1.76. The number of rotatable bonds is 8. The van der Waals surface area contributed by atoms with Gasteiger partial charge in [-0.25, -0.2) is 0 Å². The molecule has 1 rings (SSSR count). The Hall–Kier alpha value is -1.53. The minimum absolute atomic E-state index is 0.316. The van der Waals surface area contributed by atoms with Crippen LogP contribution in [0.1, 0.15) is 39.2 Å². The molecule has 0 fully saturated rings. The second-order valence-electron chi connectivity index (χ2n) is 5.97. The highest BCUT2D eigenvalue weighted by Crippen LogP contribution is 2.20. The lowest BCUT2D eigenvalue weighted by molar-refractivity contribution is 0.264. The smallest absolute Gasteiger partial charge is 0.119 e. The van der Waals surface area contributed by atoms with Gasteiger partial charge in [-0.05, 0) is 64.8 Å².